The summed E-state index contributed by atoms with van der Waals surface area (Å²) in [6.07, 6.45) is 0.870. The predicted molar refractivity (Wildman–Crippen MR) is 68.3 cm³/mol. The molecule has 1 aromatic heterocycles. The Bertz CT molecular complexity index is 372. The standard InChI is InChI=1S/C11H18N2O5S/c1-3-17-10(14)9-12-13-11(18-9)19-8-7-16-6-4-5-15-2/h3-8H2,1-2H3. The van der Waals surface area contributed by atoms with Gasteiger partial charge in [-0.15, -0.1) is 5.10 Å². The fourth-order valence-electron chi connectivity index (χ4n) is 1.14. The van der Waals surface area contributed by atoms with Crippen molar-refractivity contribution in [1.82, 2.24) is 10.2 Å². The average molecular weight is 290 g/mol. The lowest BCUT2D eigenvalue weighted by atomic mass is 10.5. The molecule has 0 bridgehead atoms. The van der Waals surface area contributed by atoms with Gasteiger partial charge in [-0.2, -0.15) is 0 Å². The highest BCUT2D eigenvalue weighted by Crippen LogP contribution is 2.16. The molecule has 0 aliphatic heterocycles. The van der Waals surface area contributed by atoms with Crippen LogP contribution < -0.4 is 0 Å². The van der Waals surface area contributed by atoms with Gasteiger partial charge in [-0.25, -0.2) is 4.79 Å². The zero-order chi connectivity index (χ0) is 13.9. The number of ether oxygens (including phenoxy) is 3. The number of methoxy groups -OCH3 is 1. The normalized spacial score (nSPS) is 10.6. The Balaban J connectivity index is 2.14. The first-order valence-corrected chi connectivity index (χ1v) is 6.96. The molecule has 8 heteroatoms. The van der Waals surface area contributed by atoms with Crippen LogP contribution in [0.4, 0.5) is 0 Å². The summed E-state index contributed by atoms with van der Waals surface area (Å²) < 4.78 is 20.1. The van der Waals surface area contributed by atoms with Crippen molar-refractivity contribution in [2.75, 3.05) is 39.3 Å². The molecular weight excluding hydrogens is 272 g/mol. The van der Waals surface area contributed by atoms with Crippen LogP contribution in [0.15, 0.2) is 9.64 Å². The predicted octanol–water partition coefficient (Wildman–Crippen LogP) is 1.39. The summed E-state index contributed by atoms with van der Waals surface area (Å²) in [5.41, 5.74) is 0. The molecule has 0 radical (unpaired) electrons. The highest BCUT2D eigenvalue weighted by molar-refractivity contribution is 7.99. The summed E-state index contributed by atoms with van der Waals surface area (Å²) in [4.78, 5) is 11.3. The molecule has 7 nitrogen and oxygen atoms in total. The Morgan fingerprint density at radius 2 is 2.16 bits per heavy atom. The van der Waals surface area contributed by atoms with Gasteiger partial charge >= 0.3 is 11.9 Å². The van der Waals surface area contributed by atoms with Crippen LogP contribution in [0.3, 0.4) is 0 Å². The minimum Gasteiger partial charge on any atom is -0.459 e. The lowest BCUT2D eigenvalue weighted by molar-refractivity contribution is 0.0475. The molecule has 1 rings (SSSR count). The maximum atomic E-state index is 11.3. The van der Waals surface area contributed by atoms with E-state index in [1.807, 2.05) is 0 Å². The van der Waals surface area contributed by atoms with Gasteiger partial charge in [0, 0.05) is 26.1 Å². The highest BCUT2D eigenvalue weighted by Gasteiger charge is 2.15. The monoisotopic (exact) mass is 290 g/mol. The molecular formula is C11H18N2O5S. The van der Waals surface area contributed by atoms with E-state index < -0.39 is 5.97 Å². The SMILES string of the molecule is CCOC(=O)c1nnc(SCCOCCCOC)o1. The number of carbonyl (C=O) groups is 1. The number of nitrogens with zero attached hydrogens (tertiary/aromatic N) is 2. The maximum Gasteiger partial charge on any atom is 0.396 e. The third kappa shape index (κ3) is 6.55. The van der Waals surface area contributed by atoms with Gasteiger partial charge < -0.3 is 18.6 Å². The summed E-state index contributed by atoms with van der Waals surface area (Å²) in [7, 11) is 1.66. The van der Waals surface area contributed by atoms with E-state index in [-0.39, 0.29) is 12.5 Å². The molecule has 0 saturated heterocycles. The highest BCUT2D eigenvalue weighted by atomic mass is 32.2. The van der Waals surface area contributed by atoms with Crippen molar-refractivity contribution < 1.29 is 23.4 Å². The van der Waals surface area contributed by atoms with Crippen molar-refractivity contribution in [2.45, 2.75) is 18.6 Å². The zero-order valence-electron chi connectivity index (χ0n) is 11.1. The molecule has 0 amide bonds. The van der Waals surface area contributed by atoms with Crippen LogP contribution in [-0.4, -0.2) is 55.5 Å². The van der Waals surface area contributed by atoms with E-state index in [0.29, 0.717) is 30.8 Å². The third-order valence-electron chi connectivity index (χ3n) is 1.95. The van der Waals surface area contributed by atoms with Crippen LogP contribution in [0.5, 0.6) is 0 Å². The Hall–Kier alpha value is -1.12. The smallest absolute Gasteiger partial charge is 0.396 e. The Labute approximate surface area is 116 Å². The van der Waals surface area contributed by atoms with Crippen LogP contribution in [0.1, 0.15) is 24.0 Å². The summed E-state index contributed by atoms with van der Waals surface area (Å²) in [5.74, 6) is -0.0414. The Kier molecular flexibility index (Phi) is 8.19. The second kappa shape index (κ2) is 9.76. The third-order valence-corrected chi connectivity index (χ3v) is 2.73. The molecule has 0 fully saturated rings. The number of aromatic nitrogens is 2. The number of esters is 1. The molecule has 0 N–H and O–H groups in total. The minimum atomic E-state index is -0.599. The van der Waals surface area contributed by atoms with Gasteiger partial charge in [0.2, 0.25) is 0 Å². The van der Waals surface area contributed by atoms with Crippen molar-refractivity contribution in [2.24, 2.45) is 0 Å². The molecule has 108 valence electrons. The maximum absolute atomic E-state index is 11.3. The molecule has 0 atom stereocenters. The first-order valence-electron chi connectivity index (χ1n) is 5.98. The van der Waals surface area contributed by atoms with Crippen LogP contribution in [0.2, 0.25) is 0 Å². The van der Waals surface area contributed by atoms with E-state index in [0.717, 1.165) is 6.42 Å². The summed E-state index contributed by atoms with van der Waals surface area (Å²) in [6, 6.07) is 0. The molecule has 0 aliphatic carbocycles. The van der Waals surface area contributed by atoms with Crippen LogP contribution in [0.25, 0.3) is 0 Å². The summed E-state index contributed by atoms with van der Waals surface area (Å²) in [6.45, 7) is 3.92. The number of hydrogen-bond acceptors (Lipinski definition) is 8. The van der Waals surface area contributed by atoms with Crippen molar-refractivity contribution in [1.29, 1.82) is 0 Å². The van der Waals surface area contributed by atoms with E-state index in [1.54, 1.807) is 14.0 Å². The molecule has 0 spiro atoms. The molecule has 0 unspecified atom stereocenters. The van der Waals surface area contributed by atoms with Gasteiger partial charge in [0.25, 0.3) is 5.22 Å². The number of carbonyl (C=O) groups excluding carboxylic acids is 1. The fraction of sp³-hybridized carbons (Fsp3) is 0.727. The second-order valence-corrected chi connectivity index (χ2v) is 4.45. The van der Waals surface area contributed by atoms with Gasteiger partial charge in [0.15, 0.2) is 0 Å². The molecule has 1 aromatic rings. The van der Waals surface area contributed by atoms with E-state index in [1.165, 1.54) is 11.8 Å². The molecule has 0 saturated carbocycles. The average Bonchev–Trinajstić information content (AvgIpc) is 2.87. The molecule has 0 aliphatic rings. The summed E-state index contributed by atoms with van der Waals surface area (Å²) >= 11 is 1.34. The topological polar surface area (TPSA) is 83.7 Å². The number of hydrogen-bond donors (Lipinski definition) is 0. The van der Waals surface area contributed by atoms with Crippen LogP contribution in [0, 0.1) is 0 Å². The Morgan fingerprint density at radius 1 is 1.32 bits per heavy atom. The van der Waals surface area contributed by atoms with Gasteiger partial charge in [-0.1, -0.05) is 16.9 Å². The van der Waals surface area contributed by atoms with E-state index in [9.17, 15) is 4.79 Å². The largest absolute Gasteiger partial charge is 0.459 e. The quantitative estimate of drug-likeness (QED) is 0.363. The van der Waals surface area contributed by atoms with E-state index in [2.05, 4.69) is 10.2 Å². The fourth-order valence-corrected chi connectivity index (χ4v) is 1.75. The molecule has 1 heterocycles. The van der Waals surface area contributed by atoms with Crippen molar-refractivity contribution in [3.05, 3.63) is 5.89 Å². The zero-order valence-corrected chi connectivity index (χ0v) is 11.9. The van der Waals surface area contributed by atoms with Gasteiger partial charge in [0.05, 0.1) is 13.2 Å². The van der Waals surface area contributed by atoms with Crippen molar-refractivity contribution in [3.63, 3.8) is 0 Å². The van der Waals surface area contributed by atoms with E-state index in [4.69, 9.17) is 18.6 Å². The molecule has 0 aromatic carbocycles. The summed E-state index contributed by atoms with van der Waals surface area (Å²) in [5, 5.41) is 7.68. The van der Waals surface area contributed by atoms with Gasteiger partial charge in [-0.3, -0.25) is 0 Å². The second-order valence-electron chi connectivity index (χ2n) is 3.40. The first kappa shape index (κ1) is 15.9. The number of rotatable bonds is 10. The van der Waals surface area contributed by atoms with E-state index >= 15 is 0 Å². The van der Waals surface area contributed by atoms with Crippen molar-refractivity contribution >= 4 is 17.7 Å². The first-order chi connectivity index (χ1) is 9.27. The Morgan fingerprint density at radius 3 is 2.89 bits per heavy atom. The van der Waals surface area contributed by atoms with Gasteiger partial charge in [-0.05, 0) is 13.3 Å². The lowest BCUT2D eigenvalue weighted by Gasteiger charge is -2.01. The van der Waals surface area contributed by atoms with Crippen LogP contribution in [-0.2, 0) is 14.2 Å². The molecule has 19 heavy (non-hydrogen) atoms. The number of thioether (sulfide) groups is 1. The van der Waals surface area contributed by atoms with Crippen LogP contribution >= 0.6 is 11.8 Å². The minimum absolute atomic E-state index is 0.120. The van der Waals surface area contributed by atoms with Gasteiger partial charge in [0.1, 0.15) is 0 Å². The van der Waals surface area contributed by atoms with Crippen molar-refractivity contribution in [3.8, 4) is 0 Å². The lowest BCUT2D eigenvalue weighted by Crippen LogP contribution is -2.04.